The van der Waals surface area contributed by atoms with Crippen molar-refractivity contribution in [2.45, 2.75) is 25.4 Å². The van der Waals surface area contributed by atoms with Crippen molar-refractivity contribution >= 4 is 5.97 Å². The van der Waals surface area contributed by atoms with Gasteiger partial charge in [-0.25, -0.2) is 4.79 Å². The summed E-state index contributed by atoms with van der Waals surface area (Å²) in [6.07, 6.45) is -0.950. The molecule has 0 heterocycles. The van der Waals surface area contributed by atoms with Crippen molar-refractivity contribution in [3.05, 3.63) is 29.8 Å². The Labute approximate surface area is 94.5 Å². The van der Waals surface area contributed by atoms with Crippen LogP contribution in [0.5, 0.6) is 5.75 Å². The van der Waals surface area contributed by atoms with E-state index in [1.54, 1.807) is 38.1 Å². The minimum atomic E-state index is -1.02. The second kappa shape index (κ2) is 4.53. The van der Waals surface area contributed by atoms with Gasteiger partial charge in [0.1, 0.15) is 5.75 Å². The van der Waals surface area contributed by atoms with Crippen LogP contribution in [-0.2, 0) is 14.9 Å². The van der Waals surface area contributed by atoms with Crippen LogP contribution in [0.2, 0.25) is 0 Å². The van der Waals surface area contributed by atoms with Crippen molar-refractivity contribution in [2.75, 3.05) is 7.11 Å². The van der Waals surface area contributed by atoms with E-state index in [2.05, 4.69) is 0 Å². The molecule has 0 radical (unpaired) electrons. The van der Waals surface area contributed by atoms with Crippen molar-refractivity contribution in [3.63, 3.8) is 0 Å². The molecule has 0 fully saturated rings. The molecule has 0 saturated heterocycles. The van der Waals surface area contributed by atoms with E-state index in [0.29, 0.717) is 0 Å². The Hall–Kier alpha value is -1.55. The maximum Gasteiger partial charge on any atom is 0.333 e. The summed E-state index contributed by atoms with van der Waals surface area (Å²) >= 11 is 0. The molecule has 0 saturated carbocycles. The standard InChI is InChI=1S/C12H16O4/c1-12(2,10(16-3)11(14)15)8-5-4-6-9(13)7-8/h4-7,10,13H,1-3H3,(H,14,15). The number of aliphatic carboxylic acids is 1. The van der Waals surface area contributed by atoms with Crippen molar-refractivity contribution in [1.29, 1.82) is 0 Å². The molecule has 0 bridgehead atoms. The molecule has 0 aliphatic rings. The lowest BCUT2D eigenvalue weighted by molar-refractivity contribution is -0.152. The molecule has 0 aliphatic carbocycles. The van der Waals surface area contributed by atoms with Gasteiger partial charge in [-0.15, -0.1) is 0 Å². The zero-order chi connectivity index (χ0) is 12.3. The molecule has 0 aromatic heterocycles. The highest BCUT2D eigenvalue weighted by atomic mass is 16.5. The Kier molecular flexibility index (Phi) is 3.55. The van der Waals surface area contributed by atoms with Crippen LogP contribution in [0.15, 0.2) is 24.3 Å². The molecule has 1 rings (SSSR count). The first-order valence-electron chi connectivity index (χ1n) is 4.94. The Balaban J connectivity index is 3.13. The highest BCUT2D eigenvalue weighted by Crippen LogP contribution is 2.30. The summed E-state index contributed by atoms with van der Waals surface area (Å²) in [4.78, 5) is 11.0. The topological polar surface area (TPSA) is 66.8 Å². The van der Waals surface area contributed by atoms with Gasteiger partial charge in [0.15, 0.2) is 6.10 Å². The number of methoxy groups -OCH3 is 1. The number of benzene rings is 1. The van der Waals surface area contributed by atoms with E-state index in [1.807, 2.05) is 0 Å². The fourth-order valence-corrected chi connectivity index (χ4v) is 1.76. The zero-order valence-electron chi connectivity index (χ0n) is 9.60. The van der Waals surface area contributed by atoms with Gasteiger partial charge in [0, 0.05) is 12.5 Å². The first-order chi connectivity index (χ1) is 7.39. The summed E-state index contributed by atoms with van der Waals surface area (Å²) in [6.45, 7) is 3.54. The quantitative estimate of drug-likeness (QED) is 0.818. The molecule has 1 aromatic carbocycles. The Morgan fingerprint density at radius 3 is 2.50 bits per heavy atom. The number of hydrogen-bond donors (Lipinski definition) is 2. The second-order valence-electron chi connectivity index (χ2n) is 4.23. The lowest BCUT2D eigenvalue weighted by Crippen LogP contribution is -2.41. The molecule has 2 N–H and O–H groups in total. The van der Waals surface area contributed by atoms with Crippen LogP contribution < -0.4 is 0 Å². The van der Waals surface area contributed by atoms with Gasteiger partial charge < -0.3 is 14.9 Å². The SMILES string of the molecule is COC(C(=O)O)C(C)(C)c1cccc(O)c1. The number of phenols is 1. The Morgan fingerprint density at radius 2 is 2.06 bits per heavy atom. The van der Waals surface area contributed by atoms with E-state index in [-0.39, 0.29) is 5.75 Å². The molecule has 4 nitrogen and oxygen atoms in total. The van der Waals surface area contributed by atoms with Crippen LogP contribution in [0.25, 0.3) is 0 Å². The highest BCUT2D eigenvalue weighted by Gasteiger charge is 2.37. The largest absolute Gasteiger partial charge is 0.508 e. The maximum atomic E-state index is 11.0. The predicted octanol–water partition coefficient (Wildman–Crippen LogP) is 1.77. The fourth-order valence-electron chi connectivity index (χ4n) is 1.76. The molecular weight excluding hydrogens is 208 g/mol. The lowest BCUT2D eigenvalue weighted by atomic mass is 9.79. The van der Waals surface area contributed by atoms with Crippen LogP contribution >= 0.6 is 0 Å². The lowest BCUT2D eigenvalue weighted by Gasteiger charge is -2.30. The third kappa shape index (κ3) is 2.33. The van der Waals surface area contributed by atoms with Crippen LogP contribution in [-0.4, -0.2) is 29.4 Å². The van der Waals surface area contributed by atoms with Gasteiger partial charge in [-0.2, -0.15) is 0 Å². The summed E-state index contributed by atoms with van der Waals surface area (Å²) < 4.78 is 4.99. The van der Waals surface area contributed by atoms with Gasteiger partial charge in [-0.05, 0) is 17.7 Å². The smallest absolute Gasteiger partial charge is 0.333 e. The van der Waals surface area contributed by atoms with Crippen LogP contribution in [0, 0.1) is 0 Å². The van der Waals surface area contributed by atoms with E-state index in [1.165, 1.54) is 7.11 Å². The summed E-state index contributed by atoms with van der Waals surface area (Å²) in [7, 11) is 1.36. The van der Waals surface area contributed by atoms with E-state index in [0.717, 1.165) is 5.56 Å². The number of phenolic OH excluding ortho intramolecular Hbond substituents is 1. The molecule has 0 aliphatic heterocycles. The normalized spacial score (nSPS) is 13.4. The highest BCUT2D eigenvalue weighted by molar-refractivity contribution is 5.74. The first-order valence-corrected chi connectivity index (χ1v) is 4.94. The predicted molar refractivity (Wildman–Crippen MR) is 59.6 cm³/mol. The number of hydrogen-bond acceptors (Lipinski definition) is 3. The van der Waals surface area contributed by atoms with Gasteiger partial charge in [0.2, 0.25) is 0 Å². The summed E-state index contributed by atoms with van der Waals surface area (Å²) in [5, 5.41) is 18.4. The van der Waals surface area contributed by atoms with Gasteiger partial charge in [-0.1, -0.05) is 26.0 Å². The van der Waals surface area contributed by atoms with E-state index >= 15 is 0 Å². The molecule has 1 atom stereocenters. The number of aromatic hydroxyl groups is 1. The first kappa shape index (κ1) is 12.5. The monoisotopic (exact) mass is 224 g/mol. The molecule has 4 heteroatoms. The average Bonchev–Trinajstić information content (AvgIpc) is 2.17. The van der Waals surface area contributed by atoms with Gasteiger partial charge >= 0.3 is 5.97 Å². The molecule has 0 amide bonds. The third-order valence-corrected chi connectivity index (χ3v) is 2.71. The van der Waals surface area contributed by atoms with Crippen LogP contribution in [0.1, 0.15) is 19.4 Å². The van der Waals surface area contributed by atoms with Crippen molar-refractivity contribution < 1.29 is 19.7 Å². The molecule has 1 aromatic rings. The number of carboxylic acids is 1. The summed E-state index contributed by atoms with van der Waals surface area (Å²) in [5.41, 5.74) is 0.0148. The zero-order valence-corrected chi connectivity index (χ0v) is 9.60. The maximum absolute atomic E-state index is 11.0. The van der Waals surface area contributed by atoms with E-state index < -0.39 is 17.5 Å². The van der Waals surface area contributed by atoms with Gasteiger partial charge in [-0.3, -0.25) is 0 Å². The molecule has 88 valence electrons. The number of carboxylic acid groups (broad SMARTS) is 1. The Morgan fingerprint density at radius 1 is 1.44 bits per heavy atom. The fraction of sp³-hybridized carbons (Fsp3) is 0.417. The minimum absolute atomic E-state index is 0.116. The van der Waals surface area contributed by atoms with Crippen LogP contribution in [0.3, 0.4) is 0 Å². The molecule has 1 unspecified atom stereocenters. The minimum Gasteiger partial charge on any atom is -0.508 e. The summed E-state index contributed by atoms with van der Waals surface area (Å²) in [6, 6.07) is 6.55. The van der Waals surface area contributed by atoms with Gasteiger partial charge in [0.25, 0.3) is 0 Å². The van der Waals surface area contributed by atoms with Crippen molar-refractivity contribution in [3.8, 4) is 5.75 Å². The number of rotatable bonds is 4. The van der Waals surface area contributed by atoms with Crippen molar-refractivity contribution in [1.82, 2.24) is 0 Å². The number of ether oxygens (including phenoxy) is 1. The van der Waals surface area contributed by atoms with E-state index in [9.17, 15) is 9.90 Å². The number of carbonyl (C=O) groups is 1. The van der Waals surface area contributed by atoms with Crippen molar-refractivity contribution in [2.24, 2.45) is 0 Å². The molecule has 16 heavy (non-hydrogen) atoms. The van der Waals surface area contributed by atoms with Gasteiger partial charge in [0.05, 0.1) is 0 Å². The Bertz CT molecular complexity index is 384. The second-order valence-corrected chi connectivity index (χ2v) is 4.23. The van der Waals surface area contributed by atoms with E-state index in [4.69, 9.17) is 9.84 Å². The molecule has 0 spiro atoms. The molecular formula is C12H16O4. The summed E-state index contributed by atoms with van der Waals surface area (Å²) in [5.74, 6) is -0.901. The van der Waals surface area contributed by atoms with Crippen LogP contribution in [0.4, 0.5) is 0 Å². The average molecular weight is 224 g/mol. The third-order valence-electron chi connectivity index (χ3n) is 2.71.